The molecule has 0 aromatic carbocycles. The molecule has 0 aromatic heterocycles. The van der Waals surface area contributed by atoms with Crippen LogP contribution in [0.1, 0.15) is 92.9 Å². The molecule has 27 heavy (non-hydrogen) atoms. The van der Waals surface area contributed by atoms with E-state index in [9.17, 15) is 0 Å². The van der Waals surface area contributed by atoms with Crippen LogP contribution in [-0.2, 0) is 23.2 Å². The van der Waals surface area contributed by atoms with Crippen molar-refractivity contribution in [1.82, 2.24) is 2.89 Å². The van der Waals surface area contributed by atoms with Gasteiger partial charge in [0.2, 0.25) is 0 Å². The number of rotatable bonds is 10. The van der Waals surface area contributed by atoms with Crippen molar-refractivity contribution in [2.75, 3.05) is 0 Å². The average Bonchev–Trinajstić information content (AvgIpc) is 3.27. The monoisotopic (exact) mass is 549 g/mol. The van der Waals surface area contributed by atoms with Crippen LogP contribution in [0.2, 0.25) is 0 Å². The molecule has 0 fully saturated rings. The molecule has 0 atom stereocenters. The van der Waals surface area contributed by atoms with E-state index in [0.29, 0.717) is 24.7 Å². The summed E-state index contributed by atoms with van der Waals surface area (Å²) in [5, 5.41) is 0. The normalized spacial score (nSPS) is 16.2. The number of hydrogen-bond donors (Lipinski definition) is 0. The maximum absolute atomic E-state index is 2.54. The molecule has 0 saturated carbocycles. The van der Waals surface area contributed by atoms with Crippen molar-refractivity contribution in [2.45, 2.75) is 105 Å². The molecular weight excluding hydrogens is 508 g/mol. The van der Waals surface area contributed by atoms with Gasteiger partial charge >= 0.3 is 198 Å². The van der Waals surface area contributed by atoms with Gasteiger partial charge in [0.15, 0.2) is 0 Å². The molecule has 1 nitrogen and oxygen atoms in total. The Kier molecular flexibility index (Phi) is 13.9. The summed E-state index contributed by atoms with van der Waals surface area (Å²) in [5.74, 6) is 0. The molecule has 3 heteroatoms. The molecule has 0 saturated heterocycles. The summed E-state index contributed by atoms with van der Waals surface area (Å²) in [4.78, 5) is 0. The first kappa shape index (κ1) is 25.7. The average molecular weight is 551 g/mol. The Bertz CT molecular complexity index is 507. The molecule has 2 aliphatic carbocycles. The summed E-state index contributed by atoms with van der Waals surface area (Å²) < 4.78 is 6.27. The molecule has 0 aromatic rings. The molecule has 0 spiro atoms. The fourth-order valence-electron chi connectivity index (χ4n) is 3.35. The summed E-state index contributed by atoms with van der Waals surface area (Å²) in [6.07, 6.45) is 20.2. The van der Waals surface area contributed by atoms with Crippen molar-refractivity contribution in [2.24, 2.45) is 0 Å². The first-order valence-corrected chi connectivity index (χ1v) is 16.2. The second-order valence-corrected chi connectivity index (χ2v) is 14.9. The third kappa shape index (κ3) is 9.82. The molecule has 2 rings (SSSR count). The molecule has 0 aliphatic heterocycles. The van der Waals surface area contributed by atoms with Crippen LogP contribution >= 0.6 is 0 Å². The zero-order chi connectivity index (χ0) is 20.2. The van der Waals surface area contributed by atoms with Gasteiger partial charge in [-0.3, -0.25) is 0 Å². The van der Waals surface area contributed by atoms with Crippen LogP contribution in [0, 0.1) is 0 Å². The quantitative estimate of drug-likeness (QED) is 0.299. The molecular formula is C24H42InNZr. The summed E-state index contributed by atoms with van der Waals surface area (Å²) in [7, 11) is 0. The zero-order valence-electron chi connectivity index (χ0n) is 19.1. The Morgan fingerprint density at radius 1 is 0.852 bits per heavy atom. The number of allylic oxidation sites excluding steroid dienone is 8. The molecule has 0 N–H and O–H groups in total. The standard InChI is InChI=1S/2C9H13.C6H14N.In.Zr.2H/c2*1-2-3-6-9-7-4-5-8-9;1-5(2)7-6(3)4;;;;/h2*4,7H,2-3,5-6H2,1H3;5-6H,1-4H3;;;;/q;;-1;+1;;;. The SMILES string of the molecule is CC(C)[N]([InH2])C(C)C.CCCCC1=[C]([Zr][C]2=C(CCCC)C=CC2)CC=C1. The second kappa shape index (κ2) is 14.6. The Balaban J connectivity index is 0.000000387. The van der Waals surface area contributed by atoms with Crippen LogP contribution in [-0.4, -0.2) is 39.6 Å². The van der Waals surface area contributed by atoms with Gasteiger partial charge in [-0.05, 0) is 0 Å². The van der Waals surface area contributed by atoms with E-state index in [4.69, 9.17) is 0 Å². The van der Waals surface area contributed by atoms with Crippen LogP contribution in [0.15, 0.2) is 42.0 Å². The Morgan fingerprint density at radius 3 is 1.56 bits per heavy atom. The van der Waals surface area contributed by atoms with Gasteiger partial charge < -0.3 is 0 Å². The first-order valence-electron chi connectivity index (χ1n) is 11.2. The summed E-state index contributed by atoms with van der Waals surface area (Å²) in [6.45, 7) is 13.6. The van der Waals surface area contributed by atoms with Crippen LogP contribution in [0.5, 0.6) is 0 Å². The van der Waals surface area contributed by atoms with Crippen molar-refractivity contribution in [3.8, 4) is 0 Å². The first-order chi connectivity index (χ1) is 12.9. The van der Waals surface area contributed by atoms with Crippen molar-refractivity contribution in [3.63, 3.8) is 0 Å². The van der Waals surface area contributed by atoms with Crippen molar-refractivity contribution < 1.29 is 23.2 Å². The van der Waals surface area contributed by atoms with Crippen LogP contribution in [0.25, 0.3) is 0 Å². The van der Waals surface area contributed by atoms with Gasteiger partial charge in [0.05, 0.1) is 0 Å². The molecule has 0 amide bonds. The Hall–Kier alpha value is 0.673. The van der Waals surface area contributed by atoms with E-state index in [1.807, 2.05) is 6.56 Å². The van der Waals surface area contributed by atoms with Gasteiger partial charge in [0.25, 0.3) is 0 Å². The predicted molar refractivity (Wildman–Crippen MR) is 121 cm³/mol. The molecule has 150 valence electrons. The fourth-order valence-corrected chi connectivity index (χ4v) is 7.14. The molecule has 0 bridgehead atoms. The summed E-state index contributed by atoms with van der Waals surface area (Å²) >= 11 is 0.239. The van der Waals surface area contributed by atoms with E-state index < -0.39 is 23.2 Å². The Labute approximate surface area is 196 Å². The van der Waals surface area contributed by atoms with Crippen LogP contribution in [0.4, 0.5) is 0 Å². The third-order valence-electron chi connectivity index (χ3n) is 5.59. The van der Waals surface area contributed by atoms with E-state index in [-0.39, 0.29) is 0 Å². The van der Waals surface area contributed by atoms with Crippen molar-refractivity contribution >= 4 is 24.7 Å². The minimum atomic E-state index is -0.463. The van der Waals surface area contributed by atoms with E-state index in [2.05, 4.69) is 68.7 Å². The number of nitrogens with zero attached hydrogens (tertiary/aromatic N) is 1. The topological polar surface area (TPSA) is 3.24 Å². The molecule has 0 heterocycles. The van der Waals surface area contributed by atoms with Gasteiger partial charge in [-0.15, -0.1) is 0 Å². The van der Waals surface area contributed by atoms with E-state index in [1.54, 1.807) is 11.1 Å². The summed E-state index contributed by atoms with van der Waals surface area (Å²) in [6, 6.07) is 1.54. The zero-order valence-corrected chi connectivity index (χ0v) is 27.2. The minimum absolute atomic E-state index is 0.463. The fraction of sp³-hybridized carbons (Fsp3) is 0.667. The van der Waals surface area contributed by atoms with Gasteiger partial charge in [0.1, 0.15) is 0 Å². The number of hydrogen-bond acceptors (Lipinski definition) is 1. The maximum atomic E-state index is 2.54. The van der Waals surface area contributed by atoms with Crippen LogP contribution in [0.3, 0.4) is 0 Å². The summed E-state index contributed by atoms with van der Waals surface area (Å²) in [5.41, 5.74) is 3.42. The number of unbranched alkanes of at least 4 members (excludes halogenated alkanes) is 2. The van der Waals surface area contributed by atoms with E-state index in [0.717, 1.165) is 12.1 Å². The van der Waals surface area contributed by atoms with Gasteiger partial charge in [0, 0.05) is 0 Å². The van der Waals surface area contributed by atoms with Crippen molar-refractivity contribution in [1.29, 1.82) is 0 Å². The predicted octanol–water partition coefficient (Wildman–Crippen LogP) is 6.53. The van der Waals surface area contributed by atoms with E-state index in [1.165, 1.54) is 51.4 Å². The third-order valence-corrected chi connectivity index (χ3v) is 15.5. The molecule has 0 radical (unpaired) electrons. The van der Waals surface area contributed by atoms with Gasteiger partial charge in [-0.2, -0.15) is 0 Å². The molecule has 2 aliphatic rings. The molecule has 0 unspecified atom stereocenters. The van der Waals surface area contributed by atoms with Crippen molar-refractivity contribution in [3.05, 3.63) is 42.0 Å². The van der Waals surface area contributed by atoms with E-state index >= 15 is 0 Å². The van der Waals surface area contributed by atoms with Gasteiger partial charge in [-0.25, -0.2) is 0 Å². The van der Waals surface area contributed by atoms with Crippen LogP contribution < -0.4 is 0 Å². The van der Waals surface area contributed by atoms with Gasteiger partial charge in [-0.1, -0.05) is 0 Å². The Morgan fingerprint density at radius 2 is 1.26 bits per heavy atom. The second-order valence-electron chi connectivity index (χ2n) is 8.41.